The van der Waals surface area contributed by atoms with Gasteiger partial charge in [0.1, 0.15) is 0 Å². The molecule has 5 aromatic rings. The number of nitrogens with zero attached hydrogens (tertiary/aromatic N) is 2. The highest BCUT2D eigenvalue weighted by Gasteiger charge is 2.28. The van der Waals surface area contributed by atoms with E-state index >= 15 is 0 Å². The Hall–Kier alpha value is -4.03. The molecule has 8 heteroatoms. The van der Waals surface area contributed by atoms with Crippen LogP contribution in [-0.2, 0) is 13.6 Å². The zero-order valence-electron chi connectivity index (χ0n) is 21.2. The summed E-state index contributed by atoms with van der Waals surface area (Å²) in [5.74, 6) is -0.0330. The Balaban J connectivity index is 1.66. The van der Waals surface area contributed by atoms with Gasteiger partial charge in [-0.15, -0.1) is 0 Å². The highest BCUT2D eigenvalue weighted by atomic mass is 31.2. The van der Waals surface area contributed by atoms with E-state index in [4.69, 9.17) is 14.0 Å². The number of fused-ring (bicyclic) bond motifs is 1. The van der Waals surface area contributed by atoms with Gasteiger partial charge in [0.25, 0.3) is 0 Å². The van der Waals surface area contributed by atoms with Gasteiger partial charge in [-0.25, -0.2) is 4.99 Å². The van der Waals surface area contributed by atoms with Crippen LogP contribution in [0, 0.1) is 0 Å². The normalized spacial score (nSPS) is 12.2. The van der Waals surface area contributed by atoms with E-state index in [2.05, 4.69) is 9.97 Å². The summed E-state index contributed by atoms with van der Waals surface area (Å²) in [5, 5.41) is 12.1. The smallest absolute Gasteiger partial charge is 0.361 e. The monoisotopic (exact) mass is 525 g/mol. The predicted molar refractivity (Wildman–Crippen MR) is 152 cm³/mol. The first-order chi connectivity index (χ1) is 18.5. The molecule has 0 aliphatic heterocycles. The molecule has 192 valence electrons. The van der Waals surface area contributed by atoms with Gasteiger partial charge < -0.3 is 19.1 Å². The number of H-pyrrole nitrogens is 1. The van der Waals surface area contributed by atoms with Gasteiger partial charge in [0.2, 0.25) is 0 Å². The maximum atomic E-state index is 13.5. The fraction of sp³-hybridized carbons (Fsp3) is 0.133. The largest absolute Gasteiger partial charge is 0.494 e. The second-order valence-electron chi connectivity index (χ2n) is 8.53. The highest BCUT2D eigenvalue weighted by molar-refractivity contribution is 7.62. The molecule has 2 aromatic heterocycles. The quantitative estimate of drug-likeness (QED) is 0.160. The molecule has 0 aliphatic rings. The summed E-state index contributed by atoms with van der Waals surface area (Å²) >= 11 is 0. The lowest BCUT2D eigenvalue weighted by Gasteiger charge is -2.17. The molecule has 0 saturated carbocycles. The fourth-order valence-corrected chi connectivity index (χ4v) is 5.95. The van der Waals surface area contributed by atoms with Crippen molar-refractivity contribution in [3.05, 3.63) is 108 Å². The van der Waals surface area contributed by atoms with Crippen LogP contribution in [0.4, 0.5) is 5.69 Å². The van der Waals surface area contributed by atoms with E-state index in [0.717, 1.165) is 22.4 Å². The maximum absolute atomic E-state index is 13.5. The second kappa shape index (κ2) is 11.2. The van der Waals surface area contributed by atoms with E-state index in [1.165, 1.54) is 0 Å². The number of rotatable bonds is 9. The number of aromatic amines is 1. The van der Waals surface area contributed by atoms with E-state index < -0.39 is 7.60 Å². The van der Waals surface area contributed by atoms with Crippen molar-refractivity contribution in [2.24, 2.45) is 4.99 Å². The summed E-state index contributed by atoms with van der Waals surface area (Å²) in [7, 11) is -3.53. The van der Waals surface area contributed by atoms with Crippen molar-refractivity contribution in [2.75, 3.05) is 13.2 Å². The van der Waals surface area contributed by atoms with Crippen molar-refractivity contribution in [2.45, 2.75) is 13.8 Å². The molecule has 0 aliphatic carbocycles. The molecule has 38 heavy (non-hydrogen) atoms. The van der Waals surface area contributed by atoms with Gasteiger partial charge in [0, 0.05) is 28.9 Å². The Bertz CT molecular complexity index is 1600. The molecular weight excluding hydrogens is 497 g/mol. The molecule has 0 radical (unpaired) electrons. The number of hydrogen-bond donors (Lipinski definition) is 2. The summed E-state index contributed by atoms with van der Waals surface area (Å²) in [6, 6.07) is 26.6. The fourth-order valence-electron chi connectivity index (χ4n) is 4.35. The SMILES string of the molecule is CCOP(=O)(OCC)c1ccc2[nH]c(O)c(C(=Nc3ccc(-c4cccnc4)cc3)c3ccccc3)c2c1. The number of aromatic hydroxyl groups is 1. The zero-order valence-corrected chi connectivity index (χ0v) is 22.1. The van der Waals surface area contributed by atoms with E-state index in [9.17, 15) is 9.67 Å². The summed E-state index contributed by atoms with van der Waals surface area (Å²) in [6.07, 6.45) is 3.56. The Morgan fingerprint density at radius 3 is 2.32 bits per heavy atom. The van der Waals surface area contributed by atoms with Crippen molar-refractivity contribution >= 4 is 35.2 Å². The molecule has 5 rings (SSSR count). The van der Waals surface area contributed by atoms with Gasteiger partial charge in [-0.2, -0.15) is 0 Å². The van der Waals surface area contributed by atoms with Crippen LogP contribution in [-0.4, -0.2) is 34.0 Å². The Labute approximate surface area is 221 Å². The molecule has 7 nitrogen and oxygen atoms in total. The number of benzene rings is 3. The highest BCUT2D eigenvalue weighted by Crippen LogP contribution is 2.47. The predicted octanol–water partition coefficient (Wildman–Crippen LogP) is 7.00. The van der Waals surface area contributed by atoms with Gasteiger partial charge in [0.05, 0.1) is 35.5 Å². The molecule has 0 amide bonds. The van der Waals surface area contributed by atoms with E-state index in [0.29, 0.717) is 27.5 Å². The third-order valence-electron chi connectivity index (χ3n) is 6.06. The summed E-state index contributed by atoms with van der Waals surface area (Å²) in [4.78, 5) is 12.2. The average Bonchev–Trinajstić information content (AvgIpc) is 3.28. The van der Waals surface area contributed by atoms with E-state index in [1.54, 1.807) is 38.2 Å². The first-order valence-corrected chi connectivity index (χ1v) is 14.0. The molecule has 0 unspecified atom stereocenters. The topological polar surface area (TPSA) is 96.8 Å². The summed E-state index contributed by atoms with van der Waals surface area (Å²) < 4.78 is 24.6. The van der Waals surface area contributed by atoms with Crippen molar-refractivity contribution in [1.82, 2.24) is 9.97 Å². The minimum Gasteiger partial charge on any atom is -0.494 e. The minimum absolute atomic E-state index is 0.0330. The van der Waals surface area contributed by atoms with Gasteiger partial charge >= 0.3 is 7.60 Å². The van der Waals surface area contributed by atoms with Crippen LogP contribution in [0.2, 0.25) is 0 Å². The van der Waals surface area contributed by atoms with Gasteiger partial charge in [-0.3, -0.25) is 9.55 Å². The number of pyridine rings is 1. The molecule has 3 aromatic carbocycles. The van der Waals surface area contributed by atoms with Crippen LogP contribution < -0.4 is 5.30 Å². The van der Waals surface area contributed by atoms with Crippen molar-refractivity contribution < 1.29 is 18.7 Å². The number of aliphatic imine (C=N–C) groups is 1. The molecule has 0 saturated heterocycles. The lowest BCUT2D eigenvalue weighted by Crippen LogP contribution is -2.11. The Morgan fingerprint density at radius 2 is 1.66 bits per heavy atom. The number of nitrogens with one attached hydrogen (secondary N) is 1. The van der Waals surface area contributed by atoms with Gasteiger partial charge in [-0.1, -0.05) is 48.5 Å². The Kier molecular flexibility index (Phi) is 7.52. The van der Waals surface area contributed by atoms with Crippen LogP contribution >= 0.6 is 7.60 Å². The maximum Gasteiger partial charge on any atom is 0.361 e. The van der Waals surface area contributed by atoms with Crippen LogP contribution in [0.15, 0.2) is 102 Å². The lowest BCUT2D eigenvalue weighted by atomic mass is 10.0. The minimum atomic E-state index is -3.53. The molecule has 2 N–H and O–H groups in total. The van der Waals surface area contributed by atoms with Crippen LogP contribution in [0.1, 0.15) is 25.0 Å². The summed E-state index contributed by atoms with van der Waals surface area (Å²) in [5.41, 5.74) is 5.34. The van der Waals surface area contributed by atoms with Crippen molar-refractivity contribution in [1.29, 1.82) is 0 Å². The third-order valence-corrected chi connectivity index (χ3v) is 8.17. The number of hydrogen-bond acceptors (Lipinski definition) is 6. The van der Waals surface area contributed by atoms with Crippen molar-refractivity contribution in [3.63, 3.8) is 0 Å². The first-order valence-electron chi connectivity index (χ1n) is 12.4. The molecule has 0 fully saturated rings. The first kappa shape index (κ1) is 25.6. The van der Waals surface area contributed by atoms with Crippen LogP contribution in [0.3, 0.4) is 0 Å². The Morgan fingerprint density at radius 1 is 0.921 bits per heavy atom. The zero-order chi connectivity index (χ0) is 26.5. The average molecular weight is 526 g/mol. The van der Waals surface area contributed by atoms with Gasteiger partial charge in [0.15, 0.2) is 5.88 Å². The van der Waals surface area contributed by atoms with Crippen LogP contribution in [0.25, 0.3) is 22.0 Å². The van der Waals surface area contributed by atoms with Gasteiger partial charge in [-0.05, 0) is 61.4 Å². The lowest BCUT2D eigenvalue weighted by molar-refractivity contribution is 0.230. The molecule has 0 atom stereocenters. The number of aromatic nitrogens is 2. The van der Waals surface area contributed by atoms with Crippen LogP contribution in [0.5, 0.6) is 5.88 Å². The molecule has 0 bridgehead atoms. The van der Waals surface area contributed by atoms with E-state index in [1.807, 2.05) is 72.9 Å². The molecular formula is C30H28N3O4P. The third kappa shape index (κ3) is 5.18. The second-order valence-corrected chi connectivity index (χ2v) is 10.6. The van der Waals surface area contributed by atoms with Crippen molar-refractivity contribution in [3.8, 4) is 17.0 Å². The molecule has 0 spiro atoms. The standard InChI is InChI=1S/C30H28N3O4P/c1-3-36-38(35,37-4-2)25-16-17-27-26(19-25)28(30(34)33-27)29(22-9-6-5-7-10-22)32-24-14-12-21(13-15-24)23-11-8-18-31-20-23/h5-20,33-34H,3-4H2,1-2H3. The summed E-state index contributed by atoms with van der Waals surface area (Å²) in [6.45, 7) is 4.04. The molecule has 2 heterocycles. The van der Waals surface area contributed by atoms with E-state index in [-0.39, 0.29) is 19.1 Å².